The van der Waals surface area contributed by atoms with E-state index in [-0.39, 0.29) is 17.3 Å². The van der Waals surface area contributed by atoms with E-state index in [1.807, 2.05) is 19.1 Å². The number of hydrogen-bond donors (Lipinski definition) is 1. The van der Waals surface area contributed by atoms with Crippen LogP contribution in [0.5, 0.6) is 0 Å². The highest BCUT2D eigenvalue weighted by molar-refractivity contribution is 7.85. The Balaban J connectivity index is 1.93. The van der Waals surface area contributed by atoms with Crippen molar-refractivity contribution < 1.29 is 9.00 Å². The van der Waals surface area contributed by atoms with Crippen molar-refractivity contribution in [1.82, 2.24) is 15.2 Å². The number of carbonyl (C=O) groups is 1. The third-order valence-corrected chi connectivity index (χ3v) is 5.96. The lowest BCUT2D eigenvalue weighted by molar-refractivity contribution is 0.199. The van der Waals surface area contributed by atoms with Crippen molar-refractivity contribution in [3.8, 4) is 0 Å². The van der Waals surface area contributed by atoms with Crippen LogP contribution in [-0.4, -0.2) is 44.2 Å². The molecule has 2 amide bonds. The predicted octanol–water partition coefficient (Wildman–Crippen LogP) is 2.30. The summed E-state index contributed by atoms with van der Waals surface area (Å²) in [5.74, 6) is 0.657. The van der Waals surface area contributed by atoms with E-state index in [4.69, 9.17) is 0 Å². The van der Waals surface area contributed by atoms with E-state index in [1.165, 1.54) is 0 Å². The van der Waals surface area contributed by atoms with Crippen LogP contribution in [0.3, 0.4) is 0 Å². The van der Waals surface area contributed by atoms with Crippen molar-refractivity contribution in [2.24, 2.45) is 0 Å². The van der Waals surface area contributed by atoms with Gasteiger partial charge in [0.15, 0.2) is 0 Å². The molecule has 1 aliphatic rings. The summed E-state index contributed by atoms with van der Waals surface area (Å²) < 4.78 is 12.2. The average Bonchev–Trinajstić information content (AvgIpc) is 2.55. The third kappa shape index (κ3) is 4.53. The van der Waals surface area contributed by atoms with Gasteiger partial charge in [-0.25, -0.2) is 4.79 Å². The Morgan fingerprint density at radius 2 is 2.05 bits per heavy atom. The second kappa shape index (κ2) is 8.27. The van der Waals surface area contributed by atoms with Gasteiger partial charge in [0.1, 0.15) is 0 Å². The van der Waals surface area contributed by atoms with Gasteiger partial charge < -0.3 is 10.2 Å². The van der Waals surface area contributed by atoms with E-state index >= 15 is 0 Å². The molecule has 1 heterocycles. The molecule has 3 atom stereocenters. The summed E-state index contributed by atoms with van der Waals surface area (Å²) in [7, 11) is 0.930. The zero-order valence-electron chi connectivity index (χ0n) is 13.3. The molecule has 0 radical (unpaired) electrons. The second-order valence-electron chi connectivity index (χ2n) is 5.76. The summed E-state index contributed by atoms with van der Waals surface area (Å²) in [6, 6.07) is 3.74. The molecule has 1 aromatic heterocycles. The number of amides is 2. The minimum Gasteiger partial charge on any atom is -0.334 e. The summed E-state index contributed by atoms with van der Waals surface area (Å²) in [6.45, 7) is 2.49. The number of urea groups is 1. The Kier molecular flexibility index (Phi) is 6.36. The van der Waals surface area contributed by atoms with E-state index in [1.54, 1.807) is 24.3 Å². The standard InChI is InChI=1S/C16H25N3O2S/c1-3-22(21)15-7-5-4-6-14(15)18-16(20)19(2)12-13-8-10-17-11-9-13/h8-11,14-15H,3-7,12H2,1-2H3,(H,18,20)/t14-,15-,22+/m1/s1. The van der Waals surface area contributed by atoms with E-state index in [9.17, 15) is 9.00 Å². The molecule has 1 fully saturated rings. The van der Waals surface area contributed by atoms with Crippen molar-refractivity contribution in [3.05, 3.63) is 30.1 Å². The summed E-state index contributed by atoms with van der Waals surface area (Å²) >= 11 is 0. The molecule has 1 aromatic rings. The van der Waals surface area contributed by atoms with E-state index in [0.29, 0.717) is 12.3 Å². The minimum absolute atomic E-state index is 0.0296. The molecule has 0 spiro atoms. The quantitative estimate of drug-likeness (QED) is 0.904. The smallest absolute Gasteiger partial charge is 0.317 e. The molecule has 1 aliphatic carbocycles. The van der Waals surface area contributed by atoms with Gasteiger partial charge in [0.25, 0.3) is 0 Å². The molecule has 0 unspecified atom stereocenters. The third-order valence-electron chi connectivity index (χ3n) is 4.15. The molecule has 0 saturated heterocycles. The van der Waals surface area contributed by atoms with E-state index in [0.717, 1.165) is 31.2 Å². The number of carbonyl (C=O) groups excluding carboxylic acids is 1. The number of hydrogen-bond acceptors (Lipinski definition) is 3. The summed E-state index contributed by atoms with van der Waals surface area (Å²) in [5, 5.41) is 3.18. The van der Waals surface area contributed by atoms with Gasteiger partial charge in [-0.15, -0.1) is 0 Å². The molecule has 1 N–H and O–H groups in total. The number of rotatable bonds is 5. The van der Waals surface area contributed by atoms with Gasteiger partial charge >= 0.3 is 6.03 Å². The van der Waals surface area contributed by atoms with E-state index in [2.05, 4.69) is 10.3 Å². The molecular weight excluding hydrogens is 298 g/mol. The lowest BCUT2D eigenvalue weighted by atomic mass is 9.95. The Morgan fingerprint density at radius 1 is 1.36 bits per heavy atom. The molecule has 0 bridgehead atoms. The fraction of sp³-hybridized carbons (Fsp3) is 0.625. The first-order valence-electron chi connectivity index (χ1n) is 7.89. The molecule has 1 saturated carbocycles. The van der Waals surface area contributed by atoms with Crippen LogP contribution in [0, 0.1) is 0 Å². The first-order chi connectivity index (χ1) is 10.6. The molecule has 0 aliphatic heterocycles. The van der Waals surface area contributed by atoms with Crippen molar-refractivity contribution in [2.75, 3.05) is 12.8 Å². The normalized spacial score (nSPS) is 22.8. The number of nitrogens with one attached hydrogen (secondary N) is 1. The molecule has 122 valence electrons. The van der Waals surface area contributed by atoms with E-state index < -0.39 is 10.8 Å². The molecule has 2 rings (SSSR count). The van der Waals surface area contributed by atoms with Crippen LogP contribution < -0.4 is 5.32 Å². The maximum Gasteiger partial charge on any atom is 0.317 e. The maximum atomic E-state index is 12.4. The van der Waals surface area contributed by atoms with Gasteiger partial charge in [-0.2, -0.15) is 0 Å². The zero-order valence-corrected chi connectivity index (χ0v) is 14.1. The number of nitrogens with zero attached hydrogens (tertiary/aromatic N) is 2. The van der Waals surface area contributed by atoms with Gasteiger partial charge in [0.05, 0.1) is 5.25 Å². The van der Waals surface area contributed by atoms with Crippen LogP contribution >= 0.6 is 0 Å². The lowest BCUT2D eigenvalue weighted by Gasteiger charge is -2.32. The predicted molar refractivity (Wildman–Crippen MR) is 89.0 cm³/mol. The van der Waals surface area contributed by atoms with Crippen LogP contribution in [-0.2, 0) is 17.3 Å². The maximum absolute atomic E-state index is 12.4. The molecule has 0 aromatic carbocycles. The molecular formula is C16H25N3O2S. The topological polar surface area (TPSA) is 62.3 Å². The lowest BCUT2D eigenvalue weighted by Crippen LogP contribution is -2.50. The van der Waals surface area contributed by atoms with Crippen molar-refractivity contribution in [3.63, 3.8) is 0 Å². The SMILES string of the molecule is CC[S@](=O)[C@@H]1CCCC[C@H]1NC(=O)N(C)Cc1ccncc1. The van der Waals surface area contributed by atoms with Crippen molar-refractivity contribution in [1.29, 1.82) is 0 Å². The van der Waals surface area contributed by atoms with Gasteiger partial charge in [0, 0.05) is 48.6 Å². The summed E-state index contributed by atoms with van der Waals surface area (Å²) in [4.78, 5) is 18.0. The molecule has 6 heteroatoms. The Morgan fingerprint density at radius 3 is 2.73 bits per heavy atom. The minimum atomic E-state index is -0.853. The molecule has 22 heavy (non-hydrogen) atoms. The van der Waals surface area contributed by atoms with Crippen LogP contribution in [0.4, 0.5) is 4.79 Å². The van der Waals surface area contributed by atoms with Crippen LogP contribution in [0.2, 0.25) is 0 Å². The van der Waals surface area contributed by atoms with Gasteiger partial charge in [-0.3, -0.25) is 9.19 Å². The van der Waals surface area contributed by atoms with Crippen molar-refractivity contribution in [2.45, 2.75) is 50.4 Å². The van der Waals surface area contributed by atoms with Gasteiger partial charge in [-0.1, -0.05) is 19.8 Å². The highest BCUT2D eigenvalue weighted by atomic mass is 32.2. The van der Waals surface area contributed by atoms with Crippen molar-refractivity contribution >= 4 is 16.8 Å². The largest absolute Gasteiger partial charge is 0.334 e. The van der Waals surface area contributed by atoms with Crippen LogP contribution in [0.1, 0.15) is 38.2 Å². The van der Waals surface area contributed by atoms with Gasteiger partial charge in [0.2, 0.25) is 0 Å². The van der Waals surface area contributed by atoms with Gasteiger partial charge in [-0.05, 0) is 30.5 Å². The summed E-state index contributed by atoms with van der Waals surface area (Å²) in [6.07, 6.45) is 7.52. The zero-order chi connectivity index (χ0) is 15.9. The molecule has 5 nitrogen and oxygen atoms in total. The summed E-state index contributed by atoms with van der Waals surface area (Å²) in [5.41, 5.74) is 1.05. The monoisotopic (exact) mass is 323 g/mol. The fourth-order valence-corrected chi connectivity index (χ4v) is 4.32. The average molecular weight is 323 g/mol. The number of pyridine rings is 1. The highest BCUT2D eigenvalue weighted by Crippen LogP contribution is 2.23. The Hall–Kier alpha value is -1.43. The number of aromatic nitrogens is 1. The Labute approximate surface area is 135 Å². The van der Waals surface area contributed by atoms with Crippen LogP contribution in [0.15, 0.2) is 24.5 Å². The Bertz CT molecular complexity index is 509. The first kappa shape index (κ1) is 16.9. The fourth-order valence-electron chi connectivity index (χ4n) is 2.89. The first-order valence-corrected chi connectivity index (χ1v) is 9.27. The van der Waals surface area contributed by atoms with Crippen LogP contribution in [0.25, 0.3) is 0 Å². The highest BCUT2D eigenvalue weighted by Gasteiger charge is 2.30. The second-order valence-corrected chi connectivity index (χ2v) is 7.70.